The van der Waals surface area contributed by atoms with Crippen LogP contribution in [0.25, 0.3) is 0 Å². The third-order valence-corrected chi connectivity index (χ3v) is 5.17. The number of carbonyl (C=O) groups is 1. The molecule has 0 bridgehead atoms. The minimum atomic E-state index is -1.52. The largest absolute Gasteiger partial charge is 0.394 e. The SMILES string of the molecule is CC(=O)C=C=C1C(C)(C)CC(O[C@@H]2O[C@H](CO)[C@@H](O)[C@H](O)[C@H]2O)CC1(C)O. The van der Waals surface area contributed by atoms with Gasteiger partial charge in [0.15, 0.2) is 12.1 Å². The molecule has 0 aromatic heterocycles. The molecule has 8 nitrogen and oxygen atoms in total. The van der Waals surface area contributed by atoms with Gasteiger partial charge in [-0.15, -0.1) is 5.73 Å². The zero-order chi connectivity index (χ0) is 20.6. The Morgan fingerprint density at radius 2 is 1.85 bits per heavy atom. The summed E-state index contributed by atoms with van der Waals surface area (Å²) in [6.45, 7) is 6.25. The Balaban J connectivity index is 2.20. The molecule has 0 aromatic carbocycles. The molecule has 0 aromatic rings. The van der Waals surface area contributed by atoms with Crippen molar-refractivity contribution in [3.05, 3.63) is 17.4 Å². The lowest BCUT2D eigenvalue weighted by atomic mass is 9.65. The molecule has 5 N–H and O–H groups in total. The first kappa shape index (κ1) is 22.2. The predicted molar refractivity (Wildman–Crippen MR) is 94.6 cm³/mol. The predicted octanol–water partition coefficient (Wildman–Crippen LogP) is -0.587. The Labute approximate surface area is 158 Å². The van der Waals surface area contributed by atoms with Crippen LogP contribution in [0.1, 0.15) is 40.5 Å². The molecule has 1 saturated carbocycles. The zero-order valence-corrected chi connectivity index (χ0v) is 16.1. The Bertz CT molecular complexity index is 597. The van der Waals surface area contributed by atoms with Gasteiger partial charge >= 0.3 is 0 Å². The highest BCUT2D eigenvalue weighted by Gasteiger charge is 2.49. The van der Waals surface area contributed by atoms with E-state index in [2.05, 4.69) is 5.73 Å². The molecule has 0 radical (unpaired) electrons. The second kappa shape index (κ2) is 8.11. The zero-order valence-electron chi connectivity index (χ0n) is 16.1. The minimum Gasteiger partial charge on any atom is -0.394 e. The van der Waals surface area contributed by atoms with Gasteiger partial charge in [-0.2, -0.15) is 0 Å². The van der Waals surface area contributed by atoms with Crippen LogP contribution >= 0.6 is 0 Å². The van der Waals surface area contributed by atoms with Crippen LogP contribution in [0.5, 0.6) is 0 Å². The summed E-state index contributed by atoms with van der Waals surface area (Å²) in [5, 5.41) is 50.1. The first-order valence-corrected chi connectivity index (χ1v) is 9.05. The molecule has 27 heavy (non-hydrogen) atoms. The van der Waals surface area contributed by atoms with Crippen LogP contribution in [0.2, 0.25) is 0 Å². The second-order valence-corrected chi connectivity index (χ2v) is 8.30. The summed E-state index contributed by atoms with van der Waals surface area (Å²) in [4.78, 5) is 11.2. The van der Waals surface area contributed by atoms with Crippen LogP contribution in [0, 0.1) is 5.41 Å². The fourth-order valence-electron chi connectivity index (χ4n) is 4.01. The fraction of sp³-hybridized carbons (Fsp3) is 0.789. The molecule has 1 aliphatic heterocycles. The third kappa shape index (κ3) is 4.85. The van der Waals surface area contributed by atoms with Crippen LogP contribution in [0.4, 0.5) is 0 Å². The molecule has 1 saturated heterocycles. The number of aliphatic hydroxyl groups excluding tert-OH is 4. The summed E-state index contributed by atoms with van der Waals surface area (Å²) in [5.74, 6) is -0.172. The van der Waals surface area contributed by atoms with Crippen LogP contribution in [0.15, 0.2) is 17.4 Å². The summed E-state index contributed by atoms with van der Waals surface area (Å²) in [7, 11) is 0. The number of aliphatic hydroxyl groups is 5. The molecular formula is C19H30O8. The van der Waals surface area contributed by atoms with Crippen molar-refractivity contribution in [2.75, 3.05) is 6.61 Å². The number of rotatable bonds is 4. The van der Waals surface area contributed by atoms with Gasteiger partial charge in [-0.25, -0.2) is 0 Å². The molecule has 8 heteroatoms. The van der Waals surface area contributed by atoms with Gasteiger partial charge in [0.2, 0.25) is 0 Å². The van der Waals surface area contributed by atoms with Gasteiger partial charge in [-0.1, -0.05) is 13.8 Å². The van der Waals surface area contributed by atoms with Crippen molar-refractivity contribution in [3.63, 3.8) is 0 Å². The van der Waals surface area contributed by atoms with Gasteiger partial charge in [-0.3, -0.25) is 4.79 Å². The second-order valence-electron chi connectivity index (χ2n) is 8.30. The van der Waals surface area contributed by atoms with Gasteiger partial charge in [-0.05, 0) is 25.7 Å². The Kier molecular flexibility index (Phi) is 6.67. The van der Waals surface area contributed by atoms with E-state index in [0.29, 0.717) is 12.0 Å². The normalized spacial score (nSPS) is 41.7. The Hall–Kier alpha value is -1.09. The van der Waals surface area contributed by atoms with E-state index in [9.17, 15) is 30.3 Å². The summed E-state index contributed by atoms with van der Waals surface area (Å²) < 4.78 is 11.2. The van der Waals surface area contributed by atoms with E-state index in [4.69, 9.17) is 9.47 Å². The number of carbonyl (C=O) groups excluding carboxylic acids is 1. The molecule has 0 spiro atoms. The molecule has 2 fully saturated rings. The number of hydrogen-bond acceptors (Lipinski definition) is 8. The van der Waals surface area contributed by atoms with Crippen molar-refractivity contribution < 1.29 is 39.8 Å². The van der Waals surface area contributed by atoms with Crippen LogP contribution in [-0.2, 0) is 14.3 Å². The van der Waals surface area contributed by atoms with Crippen molar-refractivity contribution in [2.24, 2.45) is 5.41 Å². The topological polar surface area (TPSA) is 137 Å². The first-order valence-electron chi connectivity index (χ1n) is 9.05. The van der Waals surface area contributed by atoms with Crippen molar-refractivity contribution in [1.29, 1.82) is 0 Å². The first-order chi connectivity index (χ1) is 12.4. The molecule has 2 rings (SSSR count). The van der Waals surface area contributed by atoms with E-state index >= 15 is 0 Å². The average Bonchev–Trinajstić information content (AvgIpc) is 2.52. The Morgan fingerprint density at radius 3 is 2.37 bits per heavy atom. The molecule has 7 atom stereocenters. The number of ether oxygens (including phenoxy) is 2. The van der Waals surface area contributed by atoms with Gasteiger partial charge < -0.3 is 35.0 Å². The third-order valence-electron chi connectivity index (χ3n) is 5.17. The van der Waals surface area contributed by atoms with E-state index in [1.807, 2.05) is 13.8 Å². The lowest BCUT2D eigenvalue weighted by molar-refractivity contribution is -0.316. The maximum Gasteiger partial charge on any atom is 0.186 e. The summed E-state index contributed by atoms with van der Waals surface area (Å²) in [6, 6.07) is 0. The summed E-state index contributed by atoms with van der Waals surface area (Å²) >= 11 is 0. The van der Waals surface area contributed by atoms with Crippen LogP contribution < -0.4 is 0 Å². The molecule has 154 valence electrons. The lowest BCUT2D eigenvalue weighted by Gasteiger charge is -2.47. The number of hydrogen-bond donors (Lipinski definition) is 5. The van der Waals surface area contributed by atoms with E-state index in [1.165, 1.54) is 13.0 Å². The summed E-state index contributed by atoms with van der Waals surface area (Å²) in [6.07, 6.45) is -5.40. The monoisotopic (exact) mass is 386 g/mol. The maximum atomic E-state index is 11.2. The van der Waals surface area contributed by atoms with Gasteiger partial charge in [0.25, 0.3) is 0 Å². The van der Waals surface area contributed by atoms with Crippen molar-refractivity contribution in [2.45, 2.75) is 82.9 Å². The Morgan fingerprint density at radius 1 is 1.22 bits per heavy atom. The van der Waals surface area contributed by atoms with E-state index < -0.39 is 54.4 Å². The van der Waals surface area contributed by atoms with Crippen LogP contribution in [0.3, 0.4) is 0 Å². The standard InChI is InChI=1S/C19H30O8/c1-10(21)5-6-13-18(2,3)7-11(8-19(13,4)25)26-17-16(24)15(23)14(22)12(9-20)27-17/h5,11-12,14-17,20,22-25H,7-9H2,1-4H3/t6?,11?,12-,14-,15+,16-,17-,19?/m1/s1. The smallest absolute Gasteiger partial charge is 0.186 e. The van der Waals surface area contributed by atoms with Crippen LogP contribution in [-0.4, -0.2) is 80.3 Å². The highest BCUT2D eigenvalue weighted by Crippen LogP contribution is 2.46. The van der Waals surface area contributed by atoms with Crippen molar-refractivity contribution >= 4 is 5.78 Å². The minimum absolute atomic E-state index is 0.166. The van der Waals surface area contributed by atoms with Crippen molar-refractivity contribution in [1.82, 2.24) is 0 Å². The highest BCUT2D eigenvalue weighted by atomic mass is 16.7. The van der Waals surface area contributed by atoms with Gasteiger partial charge in [0, 0.05) is 18.1 Å². The molecule has 2 unspecified atom stereocenters. The van der Waals surface area contributed by atoms with E-state index in [1.54, 1.807) is 6.92 Å². The maximum absolute atomic E-state index is 11.2. The lowest BCUT2D eigenvalue weighted by Crippen LogP contribution is -2.60. The molecule has 2 aliphatic rings. The number of ketones is 1. The fourth-order valence-corrected chi connectivity index (χ4v) is 4.01. The molecule has 1 heterocycles. The van der Waals surface area contributed by atoms with Crippen molar-refractivity contribution in [3.8, 4) is 0 Å². The molecule has 0 amide bonds. The highest BCUT2D eigenvalue weighted by molar-refractivity contribution is 5.87. The molecule has 1 aliphatic carbocycles. The van der Waals surface area contributed by atoms with Gasteiger partial charge in [0.05, 0.1) is 18.3 Å². The van der Waals surface area contributed by atoms with E-state index in [-0.39, 0.29) is 12.2 Å². The summed E-state index contributed by atoms with van der Waals surface area (Å²) in [5.41, 5.74) is 1.65. The average molecular weight is 386 g/mol. The quantitative estimate of drug-likeness (QED) is 0.320. The van der Waals surface area contributed by atoms with Gasteiger partial charge in [0.1, 0.15) is 24.4 Å². The molecular weight excluding hydrogens is 356 g/mol. The van der Waals surface area contributed by atoms with E-state index in [0.717, 1.165) is 0 Å².